The van der Waals surface area contributed by atoms with Crippen LogP contribution in [0.2, 0.25) is 0 Å². The Balaban J connectivity index is 1.74. The highest BCUT2D eigenvalue weighted by Crippen LogP contribution is 2.30. The van der Waals surface area contributed by atoms with Crippen molar-refractivity contribution in [1.82, 2.24) is 4.72 Å². The fraction of sp³-hybridized carbons (Fsp3) is 0.222. The van der Waals surface area contributed by atoms with E-state index in [9.17, 15) is 31.2 Å². The molecule has 2 aromatic carbocycles. The zero-order valence-corrected chi connectivity index (χ0v) is 15.5. The van der Waals surface area contributed by atoms with Gasteiger partial charge in [-0.15, -0.1) is 13.2 Å². The number of ether oxygens (including phenoxy) is 1. The van der Waals surface area contributed by atoms with E-state index in [2.05, 4.69) is 10.1 Å². The van der Waals surface area contributed by atoms with Gasteiger partial charge in [0.05, 0.1) is 10.5 Å². The molecular weight excluding hydrogens is 413 g/mol. The van der Waals surface area contributed by atoms with Crippen molar-refractivity contribution in [3.63, 3.8) is 0 Å². The molecule has 0 radical (unpaired) electrons. The molecule has 1 aliphatic rings. The predicted octanol–water partition coefficient (Wildman–Crippen LogP) is 3.05. The topological polar surface area (TPSA) is 102 Å². The first-order chi connectivity index (χ1) is 13.5. The molecule has 29 heavy (non-hydrogen) atoms. The Morgan fingerprint density at radius 1 is 1.00 bits per heavy atom. The molecule has 1 saturated carbocycles. The third-order valence-electron chi connectivity index (χ3n) is 3.96. The summed E-state index contributed by atoms with van der Waals surface area (Å²) in [7, 11) is -4.37. The van der Waals surface area contributed by atoms with Gasteiger partial charge in [-0.1, -0.05) is 12.1 Å². The summed E-state index contributed by atoms with van der Waals surface area (Å²) in [4.78, 5) is 23.7. The van der Waals surface area contributed by atoms with Crippen LogP contribution in [0.3, 0.4) is 0 Å². The molecule has 0 heterocycles. The van der Waals surface area contributed by atoms with Crippen molar-refractivity contribution in [3.8, 4) is 5.75 Å². The first-order valence-electron chi connectivity index (χ1n) is 8.38. The summed E-state index contributed by atoms with van der Waals surface area (Å²) in [6.07, 6.45) is -3.43. The minimum absolute atomic E-state index is 0.0308. The number of carbonyl (C=O) groups is 2. The molecular formula is C18H15F3N2O5S. The number of hydrogen-bond donors (Lipinski definition) is 2. The number of anilines is 1. The normalized spacial score (nSPS) is 14.2. The van der Waals surface area contributed by atoms with Crippen molar-refractivity contribution in [2.24, 2.45) is 5.92 Å². The van der Waals surface area contributed by atoms with E-state index in [-0.39, 0.29) is 16.7 Å². The lowest BCUT2D eigenvalue weighted by Crippen LogP contribution is -2.31. The molecule has 3 rings (SSSR count). The van der Waals surface area contributed by atoms with E-state index in [0.717, 1.165) is 37.1 Å². The van der Waals surface area contributed by atoms with Crippen LogP contribution in [0, 0.1) is 5.92 Å². The van der Waals surface area contributed by atoms with Crippen molar-refractivity contribution in [3.05, 3.63) is 54.1 Å². The first-order valence-corrected chi connectivity index (χ1v) is 9.86. The molecule has 154 valence electrons. The third-order valence-corrected chi connectivity index (χ3v) is 5.31. The van der Waals surface area contributed by atoms with E-state index in [4.69, 9.17) is 0 Å². The molecule has 0 aliphatic heterocycles. The van der Waals surface area contributed by atoms with Gasteiger partial charge in [0.25, 0.3) is 15.9 Å². The molecule has 2 amide bonds. The van der Waals surface area contributed by atoms with Crippen LogP contribution in [-0.2, 0) is 14.8 Å². The van der Waals surface area contributed by atoms with Crippen molar-refractivity contribution in [2.75, 3.05) is 5.32 Å². The average Bonchev–Trinajstić information content (AvgIpc) is 3.46. The summed E-state index contributed by atoms with van der Waals surface area (Å²) in [6.45, 7) is 0. The molecule has 2 N–H and O–H groups in total. The zero-order valence-electron chi connectivity index (χ0n) is 14.7. The van der Waals surface area contributed by atoms with E-state index < -0.39 is 33.6 Å². The maximum absolute atomic E-state index is 12.5. The van der Waals surface area contributed by atoms with Gasteiger partial charge in [-0.2, -0.15) is 0 Å². The van der Waals surface area contributed by atoms with Gasteiger partial charge < -0.3 is 10.1 Å². The number of halogens is 3. The molecule has 0 unspecified atom stereocenters. The third kappa shape index (κ3) is 5.47. The SMILES string of the molecule is O=C(NS(=O)(=O)c1ccc(NC(=O)C2CC2)cc1)c1ccccc1OC(F)(F)F. The molecule has 7 nitrogen and oxygen atoms in total. The maximum atomic E-state index is 12.5. The van der Waals surface area contributed by atoms with Crippen LogP contribution in [-0.4, -0.2) is 26.6 Å². The molecule has 1 aliphatic carbocycles. The molecule has 0 saturated heterocycles. The van der Waals surface area contributed by atoms with Crippen LogP contribution >= 0.6 is 0 Å². The Bertz CT molecular complexity index is 1030. The quantitative estimate of drug-likeness (QED) is 0.737. The summed E-state index contributed by atoms with van der Waals surface area (Å²) in [6, 6.07) is 9.39. The monoisotopic (exact) mass is 428 g/mol. The number of rotatable bonds is 6. The lowest BCUT2D eigenvalue weighted by Gasteiger charge is -2.13. The summed E-state index contributed by atoms with van der Waals surface area (Å²) in [5.41, 5.74) is -0.210. The summed E-state index contributed by atoms with van der Waals surface area (Å²) in [5, 5.41) is 2.63. The largest absolute Gasteiger partial charge is 0.573 e. The van der Waals surface area contributed by atoms with Crippen LogP contribution in [0.25, 0.3) is 0 Å². The highest BCUT2D eigenvalue weighted by Gasteiger charge is 2.33. The van der Waals surface area contributed by atoms with Gasteiger partial charge in [-0.05, 0) is 49.2 Å². The Kier molecular flexibility index (Phi) is 5.51. The molecule has 0 aromatic heterocycles. The van der Waals surface area contributed by atoms with Gasteiger partial charge in [0.2, 0.25) is 5.91 Å². The van der Waals surface area contributed by atoms with Crippen LogP contribution in [0.15, 0.2) is 53.4 Å². The Hall–Kier alpha value is -3.08. The number of hydrogen-bond acceptors (Lipinski definition) is 5. The highest BCUT2D eigenvalue weighted by atomic mass is 32.2. The number of amides is 2. The van der Waals surface area contributed by atoms with Crippen LogP contribution in [0.4, 0.5) is 18.9 Å². The maximum Gasteiger partial charge on any atom is 0.573 e. The zero-order chi connectivity index (χ0) is 21.2. The smallest absolute Gasteiger partial charge is 0.405 e. The Morgan fingerprint density at radius 3 is 2.21 bits per heavy atom. The van der Waals surface area contributed by atoms with Gasteiger partial charge in [0.1, 0.15) is 5.75 Å². The second-order valence-electron chi connectivity index (χ2n) is 6.27. The van der Waals surface area contributed by atoms with E-state index in [1.165, 1.54) is 24.3 Å². The Morgan fingerprint density at radius 2 is 1.62 bits per heavy atom. The average molecular weight is 428 g/mol. The predicted molar refractivity (Wildman–Crippen MR) is 95.6 cm³/mol. The summed E-state index contributed by atoms with van der Waals surface area (Å²) >= 11 is 0. The minimum Gasteiger partial charge on any atom is -0.405 e. The van der Waals surface area contributed by atoms with Gasteiger partial charge in [0, 0.05) is 11.6 Å². The van der Waals surface area contributed by atoms with Crippen LogP contribution < -0.4 is 14.8 Å². The van der Waals surface area contributed by atoms with Crippen molar-refractivity contribution in [2.45, 2.75) is 24.1 Å². The van der Waals surface area contributed by atoms with E-state index in [1.807, 2.05) is 0 Å². The second-order valence-corrected chi connectivity index (χ2v) is 7.95. The van der Waals surface area contributed by atoms with E-state index >= 15 is 0 Å². The van der Waals surface area contributed by atoms with E-state index in [0.29, 0.717) is 5.69 Å². The number of benzene rings is 2. The van der Waals surface area contributed by atoms with Gasteiger partial charge >= 0.3 is 6.36 Å². The van der Waals surface area contributed by atoms with Gasteiger partial charge in [-0.25, -0.2) is 13.1 Å². The van der Waals surface area contributed by atoms with Gasteiger partial charge in [-0.3, -0.25) is 9.59 Å². The second kappa shape index (κ2) is 7.74. The van der Waals surface area contributed by atoms with Crippen LogP contribution in [0.1, 0.15) is 23.2 Å². The number of carbonyl (C=O) groups excluding carboxylic acids is 2. The Labute approximate surface area is 163 Å². The van der Waals surface area contributed by atoms with Crippen molar-refractivity contribution < 1.29 is 35.9 Å². The molecule has 0 bridgehead atoms. The number of sulfonamides is 1. The molecule has 1 fully saturated rings. The molecule has 0 atom stereocenters. The lowest BCUT2D eigenvalue weighted by molar-refractivity contribution is -0.274. The first kappa shape index (κ1) is 20.6. The molecule has 2 aromatic rings. The fourth-order valence-electron chi connectivity index (χ4n) is 2.41. The number of nitrogens with one attached hydrogen (secondary N) is 2. The number of para-hydroxylation sites is 1. The highest BCUT2D eigenvalue weighted by molar-refractivity contribution is 7.90. The van der Waals surface area contributed by atoms with Crippen molar-refractivity contribution in [1.29, 1.82) is 0 Å². The minimum atomic E-state index is -5.05. The van der Waals surface area contributed by atoms with Gasteiger partial charge in [0.15, 0.2) is 0 Å². The fourth-order valence-corrected chi connectivity index (χ4v) is 3.38. The molecule has 0 spiro atoms. The number of alkyl halides is 3. The van der Waals surface area contributed by atoms with Crippen LogP contribution in [0.5, 0.6) is 5.75 Å². The summed E-state index contributed by atoms with van der Waals surface area (Å²) < 4.78 is 67.6. The van der Waals surface area contributed by atoms with Crippen molar-refractivity contribution >= 4 is 27.5 Å². The summed E-state index contributed by atoms with van der Waals surface area (Å²) in [5.74, 6) is -2.30. The molecule has 11 heteroatoms. The standard InChI is InChI=1S/C18H15F3N2O5S/c19-18(20,21)28-15-4-2-1-3-14(15)17(25)23-29(26,27)13-9-7-12(8-10-13)22-16(24)11-5-6-11/h1-4,7-11H,5-6H2,(H,22,24)(H,23,25). The van der Waals surface area contributed by atoms with E-state index in [1.54, 1.807) is 4.72 Å². The lowest BCUT2D eigenvalue weighted by atomic mass is 10.2.